The van der Waals surface area contributed by atoms with Crippen molar-refractivity contribution in [1.82, 2.24) is 19.9 Å². The van der Waals surface area contributed by atoms with E-state index in [0.29, 0.717) is 17.1 Å². The standard InChI is InChI=1S/C22H24N6O4/c1-16-21(24-25-27(16)19-3-2-4-20(15-19)28(30)31)22(29)23-18-7-5-17(6-8-18)9-10-26-11-13-32-14-12-26/h2-8,15H,9-14H2,1H3,(H,23,29). The Morgan fingerprint density at radius 1 is 1.19 bits per heavy atom. The molecular weight excluding hydrogens is 412 g/mol. The number of hydrogen-bond donors (Lipinski definition) is 1. The smallest absolute Gasteiger partial charge is 0.278 e. The average Bonchev–Trinajstić information content (AvgIpc) is 3.21. The number of nitro benzene ring substituents is 1. The minimum Gasteiger partial charge on any atom is -0.379 e. The molecule has 10 nitrogen and oxygen atoms in total. The van der Waals surface area contributed by atoms with E-state index in [-0.39, 0.29) is 17.3 Å². The van der Waals surface area contributed by atoms with E-state index in [4.69, 9.17) is 4.74 Å². The zero-order valence-electron chi connectivity index (χ0n) is 17.7. The monoisotopic (exact) mass is 436 g/mol. The van der Waals surface area contributed by atoms with Crippen LogP contribution >= 0.6 is 0 Å². The Morgan fingerprint density at radius 3 is 2.66 bits per heavy atom. The van der Waals surface area contributed by atoms with Crippen LogP contribution in [0.3, 0.4) is 0 Å². The molecular formula is C22H24N6O4. The summed E-state index contributed by atoms with van der Waals surface area (Å²) >= 11 is 0. The van der Waals surface area contributed by atoms with Crippen molar-refractivity contribution in [2.75, 3.05) is 38.2 Å². The van der Waals surface area contributed by atoms with Gasteiger partial charge < -0.3 is 10.1 Å². The van der Waals surface area contributed by atoms with Gasteiger partial charge in [0.25, 0.3) is 11.6 Å². The fourth-order valence-electron chi connectivity index (χ4n) is 3.58. The molecule has 2 heterocycles. The van der Waals surface area contributed by atoms with Crippen LogP contribution in [0.25, 0.3) is 5.69 Å². The normalized spacial score (nSPS) is 14.3. The van der Waals surface area contributed by atoms with Crippen molar-refractivity contribution < 1.29 is 14.5 Å². The molecule has 0 aliphatic carbocycles. The van der Waals surface area contributed by atoms with Crippen molar-refractivity contribution in [3.63, 3.8) is 0 Å². The lowest BCUT2D eigenvalue weighted by atomic mass is 10.1. The summed E-state index contributed by atoms with van der Waals surface area (Å²) in [6.07, 6.45) is 0.935. The topological polar surface area (TPSA) is 115 Å². The van der Waals surface area contributed by atoms with Gasteiger partial charge in [0.15, 0.2) is 5.69 Å². The van der Waals surface area contributed by atoms with E-state index in [0.717, 1.165) is 39.3 Å². The highest BCUT2D eigenvalue weighted by atomic mass is 16.6. The van der Waals surface area contributed by atoms with Crippen LogP contribution in [-0.2, 0) is 11.2 Å². The third kappa shape index (κ3) is 4.98. The SMILES string of the molecule is Cc1c(C(=O)Nc2ccc(CCN3CCOCC3)cc2)nnn1-c1cccc([N+](=O)[O-])c1. The van der Waals surface area contributed by atoms with Crippen LogP contribution in [-0.4, -0.2) is 63.6 Å². The number of non-ortho nitro benzene ring substituents is 1. The summed E-state index contributed by atoms with van der Waals surface area (Å²) in [6, 6.07) is 13.8. The molecule has 4 rings (SSSR count). The van der Waals surface area contributed by atoms with Crippen molar-refractivity contribution in [3.8, 4) is 5.69 Å². The Labute approximate surface area is 184 Å². The molecule has 3 aromatic rings. The molecule has 10 heteroatoms. The van der Waals surface area contributed by atoms with E-state index in [9.17, 15) is 14.9 Å². The second-order valence-electron chi connectivity index (χ2n) is 7.57. The number of nitro groups is 1. The first-order valence-corrected chi connectivity index (χ1v) is 10.4. The fraction of sp³-hybridized carbons (Fsp3) is 0.318. The van der Waals surface area contributed by atoms with Gasteiger partial charge in [-0.1, -0.05) is 23.4 Å². The highest BCUT2D eigenvalue weighted by Gasteiger charge is 2.19. The van der Waals surface area contributed by atoms with E-state index in [1.807, 2.05) is 24.3 Å². The molecule has 0 saturated carbocycles. The van der Waals surface area contributed by atoms with Crippen LogP contribution in [0.5, 0.6) is 0 Å². The van der Waals surface area contributed by atoms with Crippen molar-refractivity contribution >= 4 is 17.3 Å². The minimum absolute atomic E-state index is 0.0582. The van der Waals surface area contributed by atoms with E-state index in [1.165, 1.54) is 22.4 Å². The summed E-state index contributed by atoms with van der Waals surface area (Å²) in [4.78, 5) is 25.6. The molecule has 1 aliphatic heterocycles. The van der Waals surface area contributed by atoms with Crippen LogP contribution in [0.4, 0.5) is 11.4 Å². The lowest BCUT2D eigenvalue weighted by molar-refractivity contribution is -0.384. The maximum atomic E-state index is 12.7. The molecule has 1 amide bonds. The zero-order chi connectivity index (χ0) is 22.5. The van der Waals surface area contributed by atoms with Gasteiger partial charge in [-0.05, 0) is 37.1 Å². The van der Waals surface area contributed by atoms with Crippen LogP contribution < -0.4 is 5.32 Å². The predicted molar refractivity (Wildman–Crippen MR) is 118 cm³/mol. The molecule has 1 aromatic heterocycles. The highest BCUT2D eigenvalue weighted by Crippen LogP contribution is 2.19. The third-order valence-corrected chi connectivity index (χ3v) is 5.43. The number of nitrogens with one attached hydrogen (secondary N) is 1. The van der Waals surface area contributed by atoms with Crippen LogP contribution in [0, 0.1) is 17.0 Å². The van der Waals surface area contributed by atoms with Crippen molar-refractivity contribution in [1.29, 1.82) is 0 Å². The fourth-order valence-corrected chi connectivity index (χ4v) is 3.58. The number of anilines is 1. The quantitative estimate of drug-likeness (QED) is 0.447. The van der Waals surface area contributed by atoms with E-state index in [2.05, 4.69) is 20.5 Å². The number of aromatic nitrogens is 3. The van der Waals surface area contributed by atoms with Gasteiger partial charge in [0.1, 0.15) is 0 Å². The largest absolute Gasteiger partial charge is 0.379 e. The summed E-state index contributed by atoms with van der Waals surface area (Å²) in [7, 11) is 0. The lowest BCUT2D eigenvalue weighted by Crippen LogP contribution is -2.37. The molecule has 0 unspecified atom stereocenters. The zero-order valence-corrected chi connectivity index (χ0v) is 17.7. The van der Waals surface area contributed by atoms with E-state index >= 15 is 0 Å². The first kappa shape index (κ1) is 21.6. The molecule has 1 aliphatic rings. The number of nitrogens with zero attached hydrogens (tertiary/aromatic N) is 5. The molecule has 166 valence electrons. The molecule has 2 aromatic carbocycles. The molecule has 0 spiro atoms. The molecule has 0 bridgehead atoms. The van der Waals surface area contributed by atoms with Gasteiger partial charge >= 0.3 is 0 Å². The number of benzene rings is 2. The average molecular weight is 436 g/mol. The Hall–Kier alpha value is -3.63. The summed E-state index contributed by atoms with van der Waals surface area (Å²) < 4.78 is 6.78. The number of amides is 1. The summed E-state index contributed by atoms with van der Waals surface area (Å²) in [5, 5.41) is 21.8. The van der Waals surface area contributed by atoms with Gasteiger partial charge in [-0.2, -0.15) is 0 Å². The first-order chi connectivity index (χ1) is 15.5. The van der Waals surface area contributed by atoms with Crippen LogP contribution in [0.1, 0.15) is 21.7 Å². The Morgan fingerprint density at radius 2 is 1.94 bits per heavy atom. The number of carbonyl (C=O) groups excluding carboxylic acids is 1. The molecule has 1 N–H and O–H groups in total. The van der Waals surface area contributed by atoms with Crippen LogP contribution in [0.15, 0.2) is 48.5 Å². The van der Waals surface area contributed by atoms with Gasteiger partial charge in [0, 0.05) is 37.5 Å². The predicted octanol–water partition coefficient (Wildman–Crippen LogP) is 2.61. The first-order valence-electron chi connectivity index (χ1n) is 10.4. The number of rotatable bonds is 7. The highest BCUT2D eigenvalue weighted by molar-refractivity contribution is 6.03. The van der Waals surface area contributed by atoms with Crippen molar-refractivity contribution in [2.24, 2.45) is 0 Å². The van der Waals surface area contributed by atoms with Gasteiger partial charge in [0.2, 0.25) is 0 Å². The molecule has 0 atom stereocenters. The number of carbonyl (C=O) groups is 1. The molecule has 32 heavy (non-hydrogen) atoms. The number of morpholine rings is 1. The summed E-state index contributed by atoms with van der Waals surface area (Å²) in [6.45, 7) is 6.18. The Balaban J connectivity index is 1.40. The van der Waals surface area contributed by atoms with Crippen LogP contribution in [0.2, 0.25) is 0 Å². The molecule has 1 saturated heterocycles. The molecule has 0 radical (unpaired) electrons. The third-order valence-electron chi connectivity index (χ3n) is 5.43. The summed E-state index contributed by atoms with van der Waals surface area (Å²) in [5.74, 6) is -0.389. The van der Waals surface area contributed by atoms with Crippen molar-refractivity contribution in [2.45, 2.75) is 13.3 Å². The minimum atomic E-state index is -0.478. The maximum Gasteiger partial charge on any atom is 0.278 e. The lowest BCUT2D eigenvalue weighted by Gasteiger charge is -2.26. The molecule has 1 fully saturated rings. The van der Waals surface area contributed by atoms with Gasteiger partial charge in [0.05, 0.1) is 29.5 Å². The number of ether oxygens (including phenoxy) is 1. The van der Waals surface area contributed by atoms with Gasteiger partial charge in [-0.25, -0.2) is 4.68 Å². The second-order valence-corrected chi connectivity index (χ2v) is 7.57. The van der Waals surface area contributed by atoms with Gasteiger partial charge in [-0.15, -0.1) is 5.10 Å². The van der Waals surface area contributed by atoms with E-state index in [1.54, 1.807) is 19.1 Å². The number of hydrogen-bond acceptors (Lipinski definition) is 7. The second kappa shape index (κ2) is 9.67. The van der Waals surface area contributed by atoms with E-state index < -0.39 is 4.92 Å². The maximum absolute atomic E-state index is 12.7. The Kier molecular flexibility index (Phi) is 6.52. The van der Waals surface area contributed by atoms with Crippen molar-refractivity contribution in [3.05, 3.63) is 75.6 Å². The Bertz CT molecular complexity index is 1110. The van der Waals surface area contributed by atoms with Gasteiger partial charge in [-0.3, -0.25) is 19.8 Å². The summed E-state index contributed by atoms with van der Waals surface area (Å²) in [5.41, 5.74) is 2.92.